The molecule has 2 atom stereocenters. The van der Waals surface area contributed by atoms with E-state index in [0.29, 0.717) is 56.6 Å². The number of urea groups is 1. The third-order valence-corrected chi connectivity index (χ3v) is 7.68. The highest BCUT2D eigenvalue weighted by molar-refractivity contribution is 6.35. The summed E-state index contributed by atoms with van der Waals surface area (Å²) in [5.41, 5.74) is 2.08. The number of amides is 3. The maximum Gasteiger partial charge on any atom is 0.326 e. The molecule has 0 saturated carbocycles. The van der Waals surface area contributed by atoms with E-state index in [-0.39, 0.29) is 24.6 Å². The smallest absolute Gasteiger partial charge is 0.326 e. The van der Waals surface area contributed by atoms with E-state index in [1.54, 1.807) is 48.4 Å². The van der Waals surface area contributed by atoms with Gasteiger partial charge < -0.3 is 19.7 Å². The Bertz CT molecular complexity index is 1500. The van der Waals surface area contributed by atoms with Crippen LogP contribution in [0, 0.1) is 0 Å². The first-order chi connectivity index (χ1) is 19.7. The minimum Gasteiger partial charge on any atom is -0.497 e. The van der Waals surface area contributed by atoms with Crippen molar-refractivity contribution >= 4 is 52.6 Å². The van der Waals surface area contributed by atoms with E-state index in [4.69, 9.17) is 49.3 Å². The van der Waals surface area contributed by atoms with Crippen LogP contribution in [0.4, 0.5) is 4.79 Å². The van der Waals surface area contributed by atoms with Crippen LogP contribution in [0.5, 0.6) is 11.5 Å². The molecule has 8 nitrogen and oxygen atoms in total. The van der Waals surface area contributed by atoms with Crippen LogP contribution in [-0.2, 0) is 4.79 Å². The van der Waals surface area contributed by atoms with E-state index in [1.165, 1.54) is 4.90 Å². The van der Waals surface area contributed by atoms with Gasteiger partial charge in [0.2, 0.25) is 5.91 Å². The fourth-order valence-electron chi connectivity index (χ4n) is 5.04. The predicted octanol–water partition coefficient (Wildman–Crippen LogP) is 6.54. The third kappa shape index (κ3) is 6.10. The lowest BCUT2D eigenvalue weighted by Crippen LogP contribution is -2.55. The number of nitrogens with zero attached hydrogens (tertiary/aromatic N) is 3. The summed E-state index contributed by atoms with van der Waals surface area (Å²) in [5, 5.41) is 4.24. The molecule has 1 N–H and O–H groups in total. The van der Waals surface area contributed by atoms with Crippen molar-refractivity contribution < 1.29 is 19.1 Å². The van der Waals surface area contributed by atoms with E-state index in [9.17, 15) is 9.59 Å². The minimum atomic E-state index is -0.618. The molecule has 0 aromatic heterocycles. The number of hydrogen-bond donors (Lipinski definition) is 1. The molecule has 0 unspecified atom stereocenters. The van der Waals surface area contributed by atoms with Crippen LogP contribution in [0.2, 0.25) is 15.1 Å². The monoisotopic (exact) mass is 614 g/mol. The van der Waals surface area contributed by atoms with Crippen LogP contribution in [0.25, 0.3) is 0 Å². The van der Waals surface area contributed by atoms with Crippen LogP contribution >= 0.6 is 34.8 Å². The summed E-state index contributed by atoms with van der Waals surface area (Å²) in [5.74, 6) is 1.26. The summed E-state index contributed by atoms with van der Waals surface area (Å²) in [6.07, 6.45) is -0.161. The fourth-order valence-corrected chi connectivity index (χ4v) is 5.68. The SMILES string of the molecule is COc1ccc(C2=N[C@@H](c3ccc(Cl)cc3Cl)[C@@H](c3ccc(Cl)cc3)N2C(=O)N2CCNC(=O)C2)c(OC(C)C)c1. The molecule has 1 fully saturated rings. The molecule has 1 saturated heterocycles. The van der Waals surface area contributed by atoms with Crippen LogP contribution in [0.3, 0.4) is 0 Å². The molecule has 2 aliphatic heterocycles. The van der Waals surface area contributed by atoms with Crippen molar-refractivity contribution in [1.82, 2.24) is 15.1 Å². The highest BCUT2D eigenvalue weighted by atomic mass is 35.5. The second-order valence-electron chi connectivity index (χ2n) is 10.0. The lowest BCUT2D eigenvalue weighted by Gasteiger charge is -2.36. The largest absolute Gasteiger partial charge is 0.497 e. The Hall–Kier alpha value is -3.46. The van der Waals surface area contributed by atoms with Gasteiger partial charge in [0.1, 0.15) is 29.9 Å². The maximum atomic E-state index is 14.4. The maximum absolute atomic E-state index is 14.4. The molecule has 2 aliphatic rings. The molecule has 0 bridgehead atoms. The average Bonchev–Trinajstić information content (AvgIpc) is 3.32. The molecule has 2 heterocycles. The second kappa shape index (κ2) is 12.2. The first kappa shape index (κ1) is 29.0. The highest BCUT2D eigenvalue weighted by Crippen LogP contribution is 2.47. The number of carbonyl (C=O) groups is 2. The zero-order valence-corrected chi connectivity index (χ0v) is 25.0. The number of hydrogen-bond acceptors (Lipinski definition) is 5. The molecule has 3 aromatic carbocycles. The summed E-state index contributed by atoms with van der Waals surface area (Å²) in [6.45, 7) is 4.48. The van der Waals surface area contributed by atoms with Crippen LogP contribution < -0.4 is 14.8 Å². The molecule has 5 rings (SSSR count). The number of amidine groups is 1. The Labute approximate surface area is 253 Å². The number of carbonyl (C=O) groups excluding carboxylic acids is 2. The number of aliphatic imine (C=N–C) groups is 1. The van der Waals surface area contributed by atoms with Gasteiger partial charge in [-0.2, -0.15) is 0 Å². The lowest BCUT2D eigenvalue weighted by molar-refractivity contribution is -0.123. The van der Waals surface area contributed by atoms with Crippen molar-refractivity contribution in [3.8, 4) is 11.5 Å². The van der Waals surface area contributed by atoms with Crippen molar-refractivity contribution in [3.63, 3.8) is 0 Å². The van der Waals surface area contributed by atoms with Crippen molar-refractivity contribution in [2.45, 2.75) is 32.0 Å². The third-order valence-electron chi connectivity index (χ3n) is 6.87. The second-order valence-corrected chi connectivity index (χ2v) is 11.3. The van der Waals surface area contributed by atoms with Crippen molar-refractivity contribution in [1.29, 1.82) is 0 Å². The molecular formula is C30H29Cl3N4O4. The summed E-state index contributed by atoms with van der Waals surface area (Å²) >= 11 is 19.2. The number of methoxy groups -OCH3 is 1. The molecule has 0 radical (unpaired) electrons. The predicted molar refractivity (Wildman–Crippen MR) is 161 cm³/mol. The van der Waals surface area contributed by atoms with Crippen LogP contribution in [0.15, 0.2) is 65.7 Å². The molecular weight excluding hydrogens is 587 g/mol. The van der Waals surface area contributed by atoms with Crippen LogP contribution in [0.1, 0.15) is 42.6 Å². The standard InChI is InChI=1S/C30H29Cl3N4O4/c1-17(2)41-25-15-21(40-3)9-11-23(25)29-35-27(22-10-8-20(32)14-24(22)33)28(18-4-6-19(31)7-5-18)37(29)30(39)36-13-12-34-26(38)16-36/h4-11,14-15,17,27-28H,12-13,16H2,1-3H3,(H,34,38)/t27-,28+/m0/s1. The molecule has 0 spiro atoms. The summed E-state index contributed by atoms with van der Waals surface area (Å²) in [7, 11) is 1.58. The van der Waals surface area contributed by atoms with Gasteiger partial charge >= 0.3 is 6.03 Å². The van der Waals surface area contributed by atoms with Gasteiger partial charge in [-0.15, -0.1) is 0 Å². The quantitative estimate of drug-likeness (QED) is 0.341. The Morgan fingerprint density at radius 1 is 1.02 bits per heavy atom. The van der Waals surface area contributed by atoms with Gasteiger partial charge in [0.15, 0.2) is 0 Å². The van der Waals surface area contributed by atoms with E-state index < -0.39 is 12.1 Å². The minimum absolute atomic E-state index is 0.0692. The van der Waals surface area contributed by atoms with Crippen LogP contribution in [-0.4, -0.2) is 60.4 Å². The Balaban J connectivity index is 1.73. The van der Waals surface area contributed by atoms with Crippen molar-refractivity contribution in [2.75, 3.05) is 26.7 Å². The molecule has 3 amide bonds. The van der Waals surface area contributed by atoms with Gasteiger partial charge in [-0.1, -0.05) is 53.0 Å². The molecule has 11 heteroatoms. The molecule has 214 valence electrons. The van der Waals surface area contributed by atoms with Gasteiger partial charge in [0.25, 0.3) is 0 Å². The molecule has 41 heavy (non-hydrogen) atoms. The van der Waals surface area contributed by atoms with E-state index in [2.05, 4.69) is 5.32 Å². The van der Waals surface area contributed by atoms with Crippen molar-refractivity contribution in [3.05, 3.63) is 92.4 Å². The normalized spacial score (nSPS) is 18.8. The zero-order valence-electron chi connectivity index (χ0n) is 22.7. The Kier molecular flexibility index (Phi) is 8.63. The highest BCUT2D eigenvalue weighted by Gasteiger charge is 2.45. The fraction of sp³-hybridized carbons (Fsp3) is 0.300. The lowest BCUT2D eigenvalue weighted by atomic mass is 9.93. The van der Waals surface area contributed by atoms with Gasteiger partial charge in [0, 0.05) is 34.2 Å². The number of piperazine rings is 1. The zero-order chi connectivity index (χ0) is 29.3. The van der Waals surface area contributed by atoms with Crippen molar-refractivity contribution in [2.24, 2.45) is 4.99 Å². The van der Waals surface area contributed by atoms with E-state index in [0.717, 1.165) is 5.56 Å². The first-order valence-electron chi connectivity index (χ1n) is 13.1. The topological polar surface area (TPSA) is 83.5 Å². The first-order valence-corrected chi connectivity index (χ1v) is 14.3. The van der Waals surface area contributed by atoms with Gasteiger partial charge in [-0.05, 0) is 61.4 Å². The Morgan fingerprint density at radius 3 is 2.41 bits per heavy atom. The average molecular weight is 616 g/mol. The number of halogens is 3. The number of rotatable bonds is 6. The van der Waals surface area contributed by atoms with Gasteiger partial charge in [-0.3, -0.25) is 14.7 Å². The van der Waals surface area contributed by atoms with Gasteiger partial charge in [-0.25, -0.2) is 4.79 Å². The summed E-state index contributed by atoms with van der Waals surface area (Å²) < 4.78 is 11.6. The molecule has 0 aliphatic carbocycles. The van der Waals surface area contributed by atoms with Gasteiger partial charge in [0.05, 0.1) is 24.8 Å². The molecule has 3 aromatic rings. The summed E-state index contributed by atoms with van der Waals surface area (Å²) in [4.78, 5) is 35.0. The number of ether oxygens (including phenoxy) is 2. The number of nitrogens with one attached hydrogen (secondary N) is 1. The number of benzene rings is 3. The Morgan fingerprint density at radius 2 is 1.76 bits per heavy atom. The van der Waals surface area contributed by atoms with E-state index in [1.807, 2.05) is 38.1 Å². The summed E-state index contributed by atoms with van der Waals surface area (Å²) in [6, 6.07) is 16.3. The van der Waals surface area contributed by atoms with E-state index >= 15 is 0 Å².